The molecular formula is C66H81N7O20S2. The molecule has 1 unspecified atom stereocenters. The van der Waals surface area contributed by atoms with E-state index >= 15 is 0 Å². The molecule has 0 aromatic heterocycles. The standard InChI is InChI=1S/C66H81N7O20S2/c1-38(74)71-53-49(76)33-65(63(86)87,92-57(53)55(80)51(78)35-69-60(83)44-19-15-42(16-20-44)40-11-5-3-6-12-40)90-28-9-30-94-32-27-68-59(82)46-23-25-47(26-24-46)73-62(85)48(67)37-95-31-10-29-91-66(64(88)89)34-50(77)54(72-39(2)75)58(93-66)56(81)52(79)36-70-61(84)45-21-17-43(18-22-45)41-13-7-4-8-14-41/h3-8,11-26,48-58,76-81H,9-10,27-37,67H2,1-2H3,(H,68,82)(H,69,83)(H,70,84)(H,71,74)(H,72,75)(H,73,85)(H,86,87)(H,88,89)/t48?,49-,50-,51+,52+,53+,54+,55+,56+,57+,58+,65+,66+/m0/s1. The highest BCUT2D eigenvalue weighted by Crippen LogP contribution is 2.36. The largest absolute Gasteiger partial charge is 0.477 e. The van der Waals surface area contributed by atoms with Crippen LogP contribution in [0.5, 0.6) is 0 Å². The number of ether oxygens (including phenoxy) is 4. The first-order valence-corrected chi connectivity index (χ1v) is 32.9. The molecule has 512 valence electrons. The number of hydrogen-bond acceptors (Lipinski definition) is 21. The summed E-state index contributed by atoms with van der Waals surface area (Å²) in [5, 5.41) is 103. The van der Waals surface area contributed by atoms with E-state index in [1.165, 1.54) is 47.8 Å². The van der Waals surface area contributed by atoms with Gasteiger partial charge in [0.25, 0.3) is 29.3 Å². The molecule has 5 aromatic rings. The number of nitrogens with one attached hydrogen (secondary N) is 6. The summed E-state index contributed by atoms with van der Waals surface area (Å²) in [5.41, 5.74) is 11.0. The molecular weight excluding hydrogens is 1270 g/mol. The van der Waals surface area contributed by atoms with Gasteiger partial charge in [-0.25, -0.2) is 9.59 Å². The first-order valence-electron chi connectivity index (χ1n) is 30.6. The quantitative estimate of drug-likeness (QED) is 0.0259. The monoisotopic (exact) mass is 1360 g/mol. The fourth-order valence-corrected chi connectivity index (χ4v) is 12.2. The minimum absolute atomic E-state index is 0.134. The van der Waals surface area contributed by atoms with Crippen LogP contribution >= 0.6 is 23.5 Å². The maximum absolute atomic E-state index is 13.0. The van der Waals surface area contributed by atoms with E-state index < -0.39 is 152 Å². The average Bonchev–Trinajstić information content (AvgIpc) is 0.781. The van der Waals surface area contributed by atoms with Crippen LogP contribution < -0.4 is 37.6 Å². The molecule has 0 aliphatic carbocycles. The number of aliphatic hydroxyl groups is 6. The molecule has 0 bridgehead atoms. The number of benzene rings is 5. The second kappa shape index (κ2) is 35.7. The van der Waals surface area contributed by atoms with Crippen molar-refractivity contribution >= 4 is 76.6 Å². The van der Waals surface area contributed by atoms with Crippen LogP contribution in [-0.4, -0.2) is 223 Å². The van der Waals surface area contributed by atoms with E-state index in [1.807, 2.05) is 60.7 Å². The Bertz CT molecular complexity index is 3370. The number of rotatable bonds is 34. The number of carboxylic acid groups (broad SMARTS) is 2. The van der Waals surface area contributed by atoms with Crippen LogP contribution in [0.1, 0.15) is 70.6 Å². The zero-order valence-electron chi connectivity index (χ0n) is 52.1. The number of thioether (sulfide) groups is 2. The lowest BCUT2D eigenvalue weighted by Crippen LogP contribution is -2.68. The second-order valence-corrected chi connectivity index (χ2v) is 25.1. The zero-order chi connectivity index (χ0) is 68.8. The van der Waals surface area contributed by atoms with Gasteiger partial charge in [-0.05, 0) is 95.1 Å². The molecule has 7 rings (SSSR count). The highest BCUT2D eigenvalue weighted by atomic mass is 32.2. The third-order valence-electron chi connectivity index (χ3n) is 15.6. The summed E-state index contributed by atoms with van der Waals surface area (Å²) >= 11 is 2.68. The summed E-state index contributed by atoms with van der Waals surface area (Å²) in [6.07, 6.45) is -14.9. The minimum Gasteiger partial charge on any atom is -0.477 e. The predicted octanol–water partition coefficient (Wildman–Crippen LogP) is 1.47. The fraction of sp³-hybridized carbons (Fsp3) is 0.424. The second-order valence-electron chi connectivity index (χ2n) is 22.7. The Labute approximate surface area is 556 Å². The minimum atomic E-state index is -2.53. The summed E-state index contributed by atoms with van der Waals surface area (Å²) in [6, 6.07) is 34.6. The number of aliphatic hydroxyl groups excluding tert-OH is 6. The Balaban J connectivity index is 0.784. The van der Waals surface area contributed by atoms with E-state index in [0.29, 0.717) is 28.5 Å². The van der Waals surface area contributed by atoms with Crippen molar-refractivity contribution in [2.75, 3.05) is 61.2 Å². The molecule has 6 amide bonds. The third kappa shape index (κ3) is 21.1. The van der Waals surface area contributed by atoms with Crippen LogP contribution in [0.25, 0.3) is 22.3 Å². The molecule has 0 radical (unpaired) electrons. The smallest absolute Gasteiger partial charge is 0.364 e. The van der Waals surface area contributed by atoms with Gasteiger partial charge in [-0.3, -0.25) is 28.8 Å². The normalized spacial score (nSPS) is 22.5. The van der Waals surface area contributed by atoms with Crippen LogP contribution in [-0.2, 0) is 42.9 Å². The summed E-state index contributed by atoms with van der Waals surface area (Å²) in [6.45, 7) is 1.06. The number of aliphatic carboxylic acids is 2. The molecule has 5 aromatic carbocycles. The van der Waals surface area contributed by atoms with Gasteiger partial charge in [-0.15, -0.1) is 0 Å². The number of nitrogens with two attached hydrogens (primary N) is 1. The van der Waals surface area contributed by atoms with Crippen LogP contribution in [0.2, 0.25) is 0 Å². The number of carbonyl (C=O) groups excluding carboxylic acids is 6. The van der Waals surface area contributed by atoms with Gasteiger partial charge >= 0.3 is 11.9 Å². The van der Waals surface area contributed by atoms with E-state index in [4.69, 9.17) is 24.7 Å². The summed E-state index contributed by atoms with van der Waals surface area (Å²) in [7, 11) is 0. The van der Waals surface area contributed by atoms with Crippen LogP contribution in [0.3, 0.4) is 0 Å². The Morgan fingerprint density at radius 2 is 0.916 bits per heavy atom. The first kappa shape index (κ1) is 74.5. The number of hydrogen-bond donors (Lipinski definition) is 15. The average molecular weight is 1360 g/mol. The van der Waals surface area contributed by atoms with Gasteiger partial charge in [0.15, 0.2) is 0 Å². The molecule has 27 nitrogen and oxygen atoms in total. The summed E-state index contributed by atoms with van der Waals surface area (Å²) in [5.74, 6) is -10.3. The van der Waals surface area contributed by atoms with Crippen molar-refractivity contribution in [3.63, 3.8) is 0 Å². The summed E-state index contributed by atoms with van der Waals surface area (Å²) in [4.78, 5) is 102. The van der Waals surface area contributed by atoms with Gasteiger partial charge < -0.3 is 97.4 Å². The number of amides is 6. The topological polar surface area (TPSA) is 434 Å². The Morgan fingerprint density at radius 3 is 1.32 bits per heavy atom. The molecule has 29 heteroatoms. The maximum atomic E-state index is 13.0. The van der Waals surface area contributed by atoms with Crippen LogP contribution in [0.15, 0.2) is 133 Å². The molecule has 2 aliphatic rings. The van der Waals surface area contributed by atoms with Crippen LogP contribution in [0, 0.1) is 0 Å². The van der Waals surface area contributed by atoms with Crippen LogP contribution in [0.4, 0.5) is 5.69 Å². The molecule has 2 aliphatic heterocycles. The van der Waals surface area contributed by atoms with Crippen molar-refractivity contribution in [2.24, 2.45) is 5.73 Å². The van der Waals surface area contributed by atoms with Crippen molar-refractivity contribution in [2.45, 2.75) is 118 Å². The molecule has 0 saturated carbocycles. The fourth-order valence-electron chi connectivity index (χ4n) is 10.5. The van der Waals surface area contributed by atoms with Gasteiger partial charge in [0.1, 0.15) is 24.4 Å². The SMILES string of the molecule is CC(=O)N[C@H]1[C@H]([C@H](O)[C@H](O)CNC(=O)c2ccc(-c3ccccc3)cc2)O[C@@](OCCCSCCNC(=O)c2ccc(NC(=O)C(N)CSCCCO[C@]3(C(=O)O)C[C@H](O)[C@@H](NC(C)=O)[C@H]([C@H](O)[C@H](O)CNC(=O)c4ccc(-c5ccccc5)cc4)O3)cc2)(C(=O)O)C[C@@H]1O. The Morgan fingerprint density at radius 1 is 0.537 bits per heavy atom. The highest BCUT2D eigenvalue weighted by molar-refractivity contribution is 7.99. The molecule has 13 atom stereocenters. The molecule has 2 fully saturated rings. The van der Waals surface area contributed by atoms with Gasteiger partial charge in [-0.1, -0.05) is 84.9 Å². The summed E-state index contributed by atoms with van der Waals surface area (Å²) < 4.78 is 23.1. The van der Waals surface area contributed by atoms with E-state index in [2.05, 4.69) is 31.9 Å². The number of carbonyl (C=O) groups is 8. The van der Waals surface area contributed by atoms with Crippen molar-refractivity contribution in [3.8, 4) is 22.3 Å². The lowest BCUT2D eigenvalue weighted by atomic mass is 9.88. The van der Waals surface area contributed by atoms with E-state index in [0.717, 1.165) is 36.1 Å². The Kier molecular flexibility index (Phi) is 28.0. The molecule has 2 saturated heterocycles. The molecule has 95 heavy (non-hydrogen) atoms. The highest BCUT2D eigenvalue weighted by Gasteiger charge is 2.57. The van der Waals surface area contributed by atoms with Crippen molar-refractivity contribution in [1.29, 1.82) is 0 Å². The Hall–Kier alpha value is -7.88. The zero-order valence-corrected chi connectivity index (χ0v) is 53.7. The van der Waals surface area contributed by atoms with Crippen molar-refractivity contribution in [1.82, 2.24) is 26.6 Å². The van der Waals surface area contributed by atoms with Crippen molar-refractivity contribution in [3.05, 3.63) is 150 Å². The number of carboxylic acids is 2. The van der Waals surface area contributed by atoms with E-state index in [9.17, 15) is 79.2 Å². The maximum Gasteiger partial charge on any atom is 0.364 e. The molecule has 2 heterocycles. The lowest BCUT2D eigenvalue weighted by molar-refractivity contribution is -0.310. The van der Waals surface area contributed by atoms with Crippen molar-refractivity contribution < 1.29 is 98.2 Å². The van der Waals surface area contributed by atoms with Gasteiger partial charge in [0.2, 0.25) is 17.7 Å². The number of anilines is 1. The third-order valence-corrected chi connectivity index (χ3v) is 17.8. The lowest BCUT2D eigenvalue weighted by Gasteiger charge is -2.46. The van der Waals surface area contributed by atoms with E-state index in [1.54, 1.807) is 48.5 Å². The van der Waals surface area contributed by atoms with Gasteiger partial charge in [-0.2, -0.15) is 23.5 Å². The van der Waals surface area contributed by atoms with E-state index in [-0.39, 0.29) is 49.5 Å². The molecule has 16 N–H and O–H groups in total. The van der Waals surface area contributed by atoms with Gasteiger partial charge in [0.05, 0.1) is 55.8 Å². The molecule has 0 spiro atoms. The van der Waals surface area contributed by atoms with Gasteiger partial charge in [0, 0.05) is 80.2 Å². The predicted molar refractivity (Wildman–Crippen MR) is 351 cm³/mol. The first-order chi connectivity index (χ1) is 45.4.